The first-order chi connectivity index (χ1) is 22.3. The number of Topliss-reactive ketones (excluding diaryl/α,β-unsaturated/α-hetero) is 1. The molecule has 2 aromatic carbocycles. The van der Waals surface area contributed by atoms with Crippen molar-refractivity contribution in [1.82, 2.24) is 9.80 Å². The van der Waals surface area contributed by atoms with E-state index in [1.165, 1.54) is 61.6 Å². The number of aryl methyl sites for hydroxylation is 1. The van der Waals surface area contributed by atoms with Crippen molar-refractivity contribution in [1.29, 1.82) is 0 Å². The number of unbranched alkanes of at least 4 members (excludes halogenated alkanes) is 7. The molecule has 2 aliphatic carbocycles. The Labute approximate surface area is 277 Å². The van der Waals surface area contributed by atoms with Crippen molar-refractivity contribution in [2.75, 3.05) is 20.2 Å². The van der Waals surface area contributed by atoms with Gasteiger partial charge in [-0.15, -0.1) is 0 Å². The van der Waals surface area contributed by atoms with E-state index in [0.29, 0.717) is 24.9 Å². The lowest BCUT2D eigenvalue weighted by Gasteiger charge is -2.60. The summed E-state index contributed by atoms with van der Waals surface area (Å²) in [5, 5.41) is 0. The van der Waals surface area contributed by atoms with E-state index in [1.807, 2.05) is 0 Å². The number of piperidine rings is 1. The molecule has 0 radical (unpaired) electrons. The molecule has 250 valence electrons. The highest BCUT2D eigenvalue weighted by molar-refractivity contribution is 5.78. The van der Waals surface area contributed by atoms with E-state index in [1.54, 1.807) is 14.0 Å². The topological polar surface area (TPSA) is 59.1 Å². The van der Waals surface area contributed by atoms with Crippen LogP contribution in [0, 0.1) is 5.92 Å². The van der Waals surface area contributed by atoms with Crippen molar-refractivity contribution >= 4 is 11.7 Å². The summed E-state index contributed by atoms with van der Waals surface area (Å²) in [6, 6.07) is 15.6. The summed E-state index contributed by atoms with van der Waals surface area (Å²) in [6.07, 6.45) is 15.4. The molecule has 0 N–H and O–H groups in total. The van der Waals surface area contributed by atoms with Gasteiger partial charge in [0.15, 0.2) is 11.5 Å². The molecular weight excluding hydrogens is 572 g/mol. The van der Waals surface area contributed by atoms with Gasteiger partial charge in [0, 0.05) is 29.5 Å². The first-order valence-corrected chi connectivity index (χ1v) is 18.3. The molecule has 6 rings (SSSR count). The van der Waals surface area contributed by atoms with E-state index in [-0.39, 0.29) is 35.3 Å². The fourth-order valence-corrected chi connectivity index (χ4v) is 9.81. The third-order valence-corrected chi connectivity index (χ3v) is 11.7. The Morgan fingerprint density at radius 3 is 2.39 bits per heavy atom. The van der Waals surface area contributed by atoms with Crippen molar-refractivity contribution < 1.29 is 19.1 Å². The van der Waals surface area contributed by atoms with Crippen LogP contribution in [-0.2, 0) is 27.8 Å². The molecule has 4 aliphatic rings. The first kappa shape index (κ1) is 33.1. The number of hydrogen-bond donors (Lipinski definition) is 0. The van der Waals surface area contributed by atoms with E-state index < -0.39 is 0 Å². The second-order valence-corrected chi connectivity index (χ2v) is 14.9. The molecule has 2 aliphatic heterocycles. The maximum absolute atomic E-state index is 14.0. The van der Waals surface area contributed by atoms with E-state index in [0.717, 1.165) is 56.6 Å². The summed E-state index contributed by atoms with van der Waals surface area (Å²) in [6.45, 7) is 7.48. The van der Waals surface area contributed by atoms with Gasteiger partial charge in [0.05, 0.1) is 19.7 Å². The third kappa shape index (κ3) is 6.35. The number of amides is 1. The van der Waals surface area contributed by atoms with Crippen LogP contribution in [0.4, 0.5) is 0 Å². The standard InChI is InChI=1S/C40H56N2O4/c1-28(2)42(36(44)19-15-10-8-6-5-7-9-12-16-30-17-13-11-14-18-30)33-22-21-32-34-26-31-20-23-35(45-4)38-37(31)40(32,39(33)46-38)24-25-41(34)27-29(3)43/h11,13-14,17-18,20,23,28,32-34,39H,5-10,12,15-16,19,21-22,24-27H2,1-4H3/t32-,33-,34+,39-,40-/m0/s1. The molecule has 0 unspecified atom stereocenters. The van der Waals surface area contributed by atoms with Crippen molar-refractivity contribution in [3.8, 4) is 11.5 Å². The Morgan fingerprint density at radius 1 is 0.978 bits per heavy atom. The van der Waals surface area contributed by atoms with Crippen molar-refractivity contribution in [3.63, 3.8) is 0 Å². The smallest absolute Gasteiger partial charge is 0.223 e. The highest BCUT2D eigenvalue weighted by Gasteiger charge is 2.66. The number of nitrogens with zero attached hydrogens (tertiary/aromatic N) is 2. The maximum atomic E-state index is 14.0. The Hall–Kier alpha value is -2.86. The molecule has 1 spiro atoms. The van der Waals surface area contributed by atoms with Crippen LogP contribution in [0.3, 0.4) is 0 Å². The van der Waals surface area contributed by atoms with Crippen LogP contribution in [0.5, 0.6) is 11.5 Å². The van der Waals surface area contributed by atoms with Crippen LogP contribution in [0.25, 0.3) is 0 Å². The van der Waals surface area contributed by atoms with Crippen molar-refractivity contribution in [2.24, 2.45) is 5.92 Å². The number of rotatable bonds is 16. The van der Waals surface area contributed by atoms with Gasteiger partial charge in [0.1, 0.15) is 11.9 Å². The molecule has 6 heteroatoms. The van der Waals surface area contributed by atoms with Crippen LogP contribution in [0.15, 0.2) is 42.5 Å². The molecule has 6 nitrogen and oxygen atoms in total. The minimum absolute atomic E-state index is 0.0442. The molecule has 1 saturated carbocycles. The lowest BCUT2D eigenvalue weighted by molar-refractivity contribution is -0.146. The fraction of sp³-hybridized carbons (Fsp3) is 0.650. The first-order valence-electron chi connectivity index (χ1n) is 18.3. The van der Waals surface area contributed by atoms with Gasteiger partial charge in [-0.1, -0.05) is 74.9 Å². The SMILES string of the molecule is COc1ccc2c3c1O[C@H]1[C@@H](N(C(=O)CCCCCCCCCCc4ccccc4)C(C)C)CC[C@H]4[C@@H](C2)N(CC(C)=O)CC[C@@]341. The zero-order valence-electron chi connectivity index (χ0n) is 28.8. The normalized spacial score (nSPS) is 26.0. The second kappa shape index (κ2) is 14.5. The highest BCUT2D eigenvalue weighted by atomic mass is 16.5. The van der Waals surface area contributed by atoms with Crippen LogP contribution >= 0.6 is 0 Å². The molecule has 5 atom stereocenters. The second-order valence-electron chi connectivity index (χ2n) is 14.9. The average molecular weight is 629 g/mol. The van der Waals surface area contributed by atoms with Gasteiger partial charge in [-0.25, -0.2) is 0 Å². The van der Waals surface area contributed by atoms with Gasteiger partial charge in [0.25, 0.3) is 0 Å². The van der Waals surface area contributed by atoms with Crippen LogP contribution < -0.4 is 9.47 Å². The lowest BCUT2D eigenvalue weighted by Crippen LogP contribution is -2.70. The zero-order valence-corrected chi connectivity index (χ0v) is 28.8. The largest absolute Gasteiger partial charge is 0.493 e. The van der Waals surface area contributed by atoms with Crippen LogP contribution in [0.2, 0.25) is 0 Å². The molecule has 1 saturated heterocycles. The van der Waals surface area contributed by atoms with Gasteiger partial charge in [-0.3, -0.25) is 14.5 Å². The molecule has 2 fully saturated rings. The number of hydrogen-bond acceptors (Lipinski definition) is 5. The van der Waals surface area contributed by atoms with Crippen LogP contribution in [0.1, 0.15) is 115 Å². The molecule has 1 amide bonds. The van der Waals surface area contributed by atoms with E-state index in [2.05, 4.69) is 66.1 Å². The summed E-state index contributed by atoms with van der Waals surface area (Å²) < 4.78 is 12.9. The Bertz CT molecular complexity index is 1360. The summed E-state index contributed by atoms with van der Waals surface area (Å²) >= 11 is 0. The number of carbonyl (C=O) groups is 2. The predicted octanol–water partition coefficient (Wildman–Crippen LogP) is 7.68. The molecule has 2 bridgehead atoms. The molecule has 46 heavy (non-hydrogen) atoms. The van der Waals surface area contributed by atoms with E-state index >= 15 is 0 Å². The number of benzene rings is 2. The van der Waals surface area contributed by atoms with Gasteiger partial charge >= 0.3 is 0 Å². The van der Waals surface area contributed by atoms with Gasteiger partial charge < -0.3 is 14.4 Å². The number of carbonyl (C=O) groups excluding carboxylic acids is 2. The Balaban J connectivity index is 1.07. The lowest BCUT2D eigenvalue weighted by atomic mass is 9.51. The Kier molecular flexibility index (Phi) is 10.4. The monoisotopic (exact) mass is 628 g/mol. The number of methoxy groups -OCH3 is 1. The van der Waals surface area contributed by atoms with Gasteiger partial charge in [-0.05, 0) is 95.4 Å². The van der Waals surface area contributed by atoms with Gasteiger partial charge in [0.2, 0.25) is 5.91 Å². The summed E-state index contributed by atoms with van der Waals surface area (Å²) in [7, 11) is 1.73. The summed E-state index contributed by atoms with van der Waals surface area (Å²) in [5.74, 6) is 2.66. The summed E-state index contributed by atoms with van der Waals surface area (Å²) in [5.41, 5.74) is 4.00. The fourth-order valence-electron chi connectivity index (χ4n) is 9.81. The quantitative estimate of drug-likeness (QED) is 0.179. The van der Waals surface area contributed by atoms with E-state index in [4.69, 9.17) is 9.47 Å². The van der Waals surface area contributed by atoms with E-state index in [9.17, 15) is 9.59 Å². The molecule has 2 aromatic rings. The molecule has 0 aromatic heterocycles. The number of ketones is 1. The number of ether oxygens (including phenoxy) is 2. The molecular formula is C40H56N2O4. The minimum Gasteiger partial charge on any atom is -0.493 e. The van der Waals surface area contributed by atoms with Crippen molar-refractivity contribution in [2.45, 2.75) is 140 Å². The van der Waals surface area contributed by atoms with Crippen LogP contribution in [-0.4, -0.2) is 65.9 Å². The Morgan fingerprint density at radius 2 is 1.70 bits per heavy atom. The average Bonchev–Trinajstić information content (AvgIpc) is 3.39. The zero-order chi connectivity index (χ0) is 32.3. The third-order valence-electron chi connectivity index (χ3n) is 11.7. The van der Waals surface area contributed by atoms with Crippen molar-refractivity contribution in [3.05, 3.63) is 59.2 Å². The molecule has 2 heterocycles. The maximum Gasteiger partial charge on any atom is 0.223 e. The predicted molar refractivity (Wildman–Crippen MR) is 184 cm³/mol. The van der Waals surface area contributed by atoms with Gasteiger partial charge in [-0.2, -0.15) is 0 Å². The minimum atomic E-state index is -0.132. The number of likely N-dealkylation sites (tertiary alicyclic amines) is 1. The summed E-state index contributed by atoms with van der Waals surface area (Å²) in [4.78, 5) is 30.9. The highest BCUT2D eigenvalue weighted by Crippen LogP contribution is 2.64.